The van der Waals surface area contributed by atoms with Crippen molar-refractivity contribution in [1.29, 1.82) is 0 Å². The molecule has 2 amide bonds. The van der Waals surface area contributed by atoms with Crippen LogP contribution in [0.1, 0.15) is 30.9 Å². The molecule has 1 aliphatic heterocycles. The molecule has 0 aliphatic carbocycles. The molecule has 6 heteroatoms. The Kier molecular flexibility index (Phi) is 9.16. The van der Waals surface area contributed by atoms with Crippen LogP contribution in [0.4, 0.5) is 5.69 Å². The summed E-state index contributed by atoms with van der Waals surface area (Å²) < 4.78 is 0. The molecule has 156 valence electrons. The minimum Gasteiger partial charge on any atom is -0.342 e. The van der Waals surface area contributed by atoms with Crippen molar-refractivity contribution in [2.24, 2.45) is 5.92 Å². The van der Waals surface area contributed by atoms with Gasteiger partial charge in [-0.05, 0) is 36.6 Å². The Morgan fingerprint density at radius 2 is 1.79 bits per heavy atom. The zero-order valence-corrected chi connectivity index (χ0v) is 17.7. The first-order valence-electron chi connectivity index (χ1n) is 10.1. The van der Waals surface area contributed by atoms with E-state index < -0.39 is 0 Å². The van der Waals surface area contributed by atoms with Gasteiger partial charge in [0.15, 0.2) is 0 Å². The molecule has 2 aromatic rings. The van der Waals surface area contributed by atoms with E-state index in [0.29, 0.717) is 13.0 Å². The Morgan fingerprint density at radius 3 is 2.55 bits per heavy atom. The van der Waals surface area contributed by atoms with Gasteiger partial charge in [-0.15, -0.1) is 12.4 Å². The second-order valence-electron chi connectivity index (χ2n) is 7.27. The van der Waals surface area contributed by atoms with Crippen molar-refractivity contribution in [2.45, 2.75) is 32.7 Å². The molecule has 0 radical (unpaired) electrons. The highest BCUT2D eigenvalue weighted by Gasteiger charge is 2.28. The van der Waals surface area contributed by atoms with E-state index in [0.717, 1.165) is 49.3 Å². The molecule has 0 saturated carbocycles. The molecule has 1 saturated heterocycles. The molecule has 0 bridgehead atoms. The third kappa shape index (κ3) is 6.58. The maximum Gasteiger partial charge on any atom is 0.229 e. The van der Waals surface area contributed by atoms with E-state index in [1.165, 1.54) is 0 Å². The molecule has 1 heterocycles. The predicted molar refractivity (Wildman–Crippen MR) is 119 cm³/mol. The molecule has 2 N–H and O–H groups in total. The van der Waals surface area contributed by atoms with Crippen LogP contribution < -0.4 is 10.6 Å². The lowest BCUT2D eigenvalue weighted by molar-refractivity contribution is -0.133. The van der Waals surface area contributed by atoms with E-state index in [1.807, 2.05) is 59.5 Å². The lowest BCUT2D eigenvalue weighted by Gasteiger charge is -2.32. The van der Waals surface area contributed by atoms with Crippen LogP contribution in [0.15, 0.2) is 54.6 Å². The maximum atomic E-state index is 12.9. The Bertz CT molecular complexity index is 798. The van der Waals surface area contributed by atoms with Gasteiger partial charge in [-0.25, -0.2) is 0 Å². The minimum absolute atomic E-state index is 0. The molecule has 2 aromatic carbocycles. The van der Waals surface area contributed by atoms with Crippen LogP contribution in [-0.4, -0.2) is 36.3 Å². The van der Waals surface area contributed by atoms with Crippen molar-refractivity contribution in [3.63, 3.8) is 0 Å². The fourth-order valence-electron chi connectivity index (χ4n) is 3.59. The summed E-state index contributed by atoms with van der Waals surface area (Å²) in [5.41, 5.74) is 2.93. The highest BCUT2D eigenvalue weighted by molar-refractivity contribution is 5.94. The number of nitrogens with zero attached hydrogens (tertiary/aromatic N) is 1. The maximum absolute atomic E-state index is 12.9. The Labute approximate surface area is 179 Å². The molecule has 1 unspecified atom stereocenters. The van der Waals surface area contributed by atoms with Gasteiger partial charge in [-0.2, -0.15) is 0 Å². The van der Waals surface area contributed by atoms with Gasteiger partial charge >= 0.3 is 0 Å². The van der Waals surface area contributed by atoms with Crippen molar-refractivity contribution in [3.8, 4) is 0 Å². The fourth-order valence-corrected chi connectivity index (χ4v) is 3.59. The number of hydrogen-bond acceptors (Lipinski definition) is 3. The average Bonchev–Trinajstić information content (AvgIpc) is 2.74. The van der Waals surface area contributed by atoms with Crippen LogP contribution >= 0.6 is 12.4 Å². The molecule has 1 aliphatic rings. The van der Waals surface area contributed by atoms with Gasteiger partial charge in [0.2, 0.25) is 11.8 Å². The van der Waals surface area contributed by atoms with Crippen LogP contribution in [0.2, 0.25) is 0 Å². The highest BCUT2D eigenvalue weighted by atomic mass is 35.5. The van der Waals surface area contributed by atoms with E-state index in [9.17, 15) is 9.59 Å². The number of rotatable bonds is 7. The fraction of sp³-hybridized carbons (Fsp3) is 0.391. The standard InChI is InChI=1S/C23H29N3O2.ClH/c1-2-24-16-19-11-6-7-13-21(19)25-23(28)20-12-8-14-26(17-20)22(27)15-18-9-4-3-5-10-18;/h3-7,9-11,13,20,24H,2,8,12,14-17H2,1H3,(H,25,28);1H. The molecule has 1 fully saturated rings. The van der Waals surface area contributed by atoms with Crippen molar-refractivity contribution < 1.29 is 9.59 Å². The molecule has 3 rings (SSSR count). The smallest absolute Gasteiger partial charge is 0.229 e. The van der Waals surface area contributed by atoms with Gasteiger partial charge in [0.1, 0.15) is 0 Å². The highest BCUT2D eigenvalue weighted by Crippen LogP contribution is 2.21. The first kappa shape index (κ1) is 22.9. The number of para-hydroxylation sites is 1. The van der Waals surface area contributed by atoms with Gasteiger partial charge < -0.3 is 15.5 Å². The van der Waals surface area contributed by atoms with Crippen molar-refractivity contribution in [3.05, 3.63) is 65.7 Å². The number of anilines is 1. The van der Waals surface area contributed by atoms with Gasteiger partial charge in [0.05, 0.1) is 12.3 Å². The van der Waals surface area contributed by atoms with Crippen LogP contribution in [-0.2, 0) is 22.6 Å². The third-order valence-electron chi connectivity index (χ3n) is 5.18. The molecular formula is C23H30ClN3O2. The number of amides is 2. The van der Waals surface area contributed by atoms with Gasteiger partial charge in [-0.3, -0.25) is 9.59 Å². The second kappa shape index (κ2) is 11.6. The normalized spacial score (nSPS) is 16.0. The summed E-state index contributed by atoms with van der Waals surface area (Å²) in [5.74, 6) is -0.0712. The van der Waals surface area contributed by atoms with Crippen LogP contribution in [0, 0.1) is 5.92 Å². The first-order chi connectivity index (χ1) is 13.7. The van der Waals surface area contributed by atoms with Crippen LogP contribution in [0.25, 0.3) is 0 Å². The van der Waals surface area contributed by atoms with Crippen LogP contribution in [0.5, 0.6) is 0 Å². The van der Waals surface area contributed by atoms with Gasteiger partial charge in [0, 0.05) is 25.3 Å². The molecule has 5 nitrogen and oxygen atoms in total. The number of carbonyl (C=O) groups is 2. The number of carbonyl (C=O) groups excluding carboxylic acids is 2. The zero-order chi connectivity index (χ0) is 19.8. The summed E-state index contributed by atoms with van der Waals surface area (Å²) in [5, 5.41) is 6.38. The van der Waals surface area contributed by atoms with E-state index in [4.69, 9.17) is 0 Å². The zero-order valence-electron chi connectivity index (χ0n) is 16.9. The van der Waals surface area contributed by atoms with Crippen molar-refractivity contribution >= 4 is 29.9 Å². The monoisotopic (exact) mass is 415 g/mol. The summed E-state index contributed by atoms with van der Waals surface area (Å²) in [6.45, 7) is 4.88. The second-order valence-corrected chi connectivity index (χ2v) is 7.27. The van der Waals surface area contributed by atoms with E-state index in [1.54, 1.807) is 0 Å². The largest absolute Gasteiger partial charge is 0.342 e. The van der Waals surface area contributed by atoms with E-state index in [-0.39, 0.29) is 30.1 Å². The Balaban J connectivity index is 0.00000300. The number of piperidine rings is 1. The summed E-state index contributed by atoms with van der Waals surface area (Å²) in [6, 6.07) is 17.6. The van der Waals surface area contributed by atoms with Crippen molar-refractivity contribution in [2.75, 3.05) is 25.0 Å². The van der Waals surface area contributed by atoms with Crippen LogP contribution in [0.3, 0.4) is 0 Å². The molecule has 29 heavy (non-hydrogen) atoms. The lowest BCUT2D eigenvalue weighted by Crippen LogP contribution is -2.44. The predicted octanol–water partition coefficient (Wildman–Crippen LogP) is 3.64. The number of benzene rings is 2. The summed E-state index contributed by atoms with van der Waals surface area (Å²) in [6.07, 6.45) is 2.06. The van der Waals surface area contributed by atoms with Crippen molar-refractivity contribution in [1.82, 2.24) is 10.2 Å². The first-order valence-corrected chi connectivity index (χ1v) is 10.1. The third-order valence-corrected chi connectivity index (χ3v) is 5.18. The molecule has 0 aromatic heterocycles. The minimum atomic E-state index is -0.166. The lowest BCUT2D eigenvalue weighted by atomic mass is 9.96. The Hall–Kier alpha value is -2.37. The quantitative estimate of drug-likeness (QED) is 0.725. The van der Waals surface area contributed by atoms with E-state index in [2.05, 4.69) is 17.6 Å². The molecular weight excluding hydrogens is 386 g/mol. The topological polar surface area (TPSA) is 61.4 Å². The van der Waals surface area contributed by atoms with Gasteiger partial charge in [0.25, 0.3) is 0 Å². The number of nitrogens with one attached hydrogen (secondary N) is 2. The summed E-state index contributed by atoms with van der Waals surface area (Å²) in [4.78, 5) is 27.3. The average molecular weight is 416 g/mol. The van der Waals surface area contributed by atoms with E-state index >= 15 is 0 Å². The summed E-state index contributed by atoms with van der Waals surface area (Å²) >= 11 is 0. The number of likely N-dealkylation sites (tertiary alicyclic amines) is 1. The van der Waals surface area contributed by atoms with Gasteiger partial charge in [-0.1, -0.05) is 55.5 Å². The SMILES string of the molecule is CCNCc1ccccc1NC(=O)C1CCCN(C(=O)Cc2ccccc2)C1.Cl. The molecule has 0 spiro atoms. The summed E-state index contributed by atoms with van der Waals surface area (Å²) in [7, 11) is 0. The number of hydrogen-bond donors (Lipinski definition) is 2. The Morgan fingerprint density at radius 1 is 1.07 bits per heavy atom. The molecule has 1 atom stereocenters. The number of halogens is 1.